The number of nitrogens with zero attached hydrogens (tertiary/aromatic N) is 4. The van der Waals surface area contributed by atoms with Gasteiger partial charge in [-0.25, -0.2) is 8.78 Å². The first-order valence-electron chi connectivity index (χ1n) is 15.9. The van der Waals surface area contributed by atoms with E-state index in [9.17, 15) is 24.4 Å². The van der Waals surface area contributed by atoms with Gasteiger partial charge < -0.3 is 14.5 Å². The molecular formula is C32H37F2N5O5. The molecule has 10 nitrogen and oxygen atoms in total. The Kier molecular flexibility index (Phi) is 7.15. The molecular weight excluding hydrogens is 572 g/mol. The Morgan fingerprint density at radius 3 is 2.45 bits per heavy atom. The summed E-state index contributed by atoms with van der Waals surface area (Å²) >= 11 is 0. The average molecular weight is 610 g/mol. The highest BCUT2D eigenvalue weighted by Gasteiger charge is 2.56. The van der Waals surface area contributed by atoms with Gasteiger partial charge in [-0.3, -0.25) is 29.4 Å². The molecule has 3 saturated heterocycles. The number of amides is 4. The highest BCUT2D eigenvalue weighted by molar-refractivity contribution is 6.05. The predicted molar refractivity (Wildman–Crippen MR) is 151 cm³/mol. The van der Waals surface area contributed by atoms with Crippen molar-refractivity contribution in [3.05, 3.63) is 29.3 Å². The van der Waals surface area contributed by atoms with Gasteiger partial charge in [-0.15, -0.1) is 0 Å². The standard InChI is InChI=1S/C32H37F2N5O5/c33-32(34)9-1-2-25(27(32)38-15-21(16-38)19-7-12-37(13-8-19)30(43)31(18-35)10-11-31)44-22-3-4-23-20(14-22)17-39(29(23)42)24-5-6-26(40)36-28(24)41/h3-4,14,19,21,24-25,27H,1-2,5-13,15-17H2,(H,36,40,41)/t24?,25-,27+/m1/s1. The molecule has 0 radical (unpaired) electrons. The van der Waals surface area contributed by atoms with Gasteiger partial charge in [0.25, 0.3) is 11.8 Å². The number of carbonyl (C=O) groups is 4. The molecule has 2 saturated carbocycles. The van der Waals surface area contributed by atoms with E-state index in [1.54, 1.807) is 18.2 Å². The number of piperidine rings is 2. The van der Waals surface area contributed by atoms with Crippen LogP contribution in [0.15, 0.2) is 18.2 Å². The number of nitriles is 1. The summed E-state index contributed by atoms with van der Waals surface area (Å²) < 4.78 is 37.1. The Morgan fingerprint density at radius 1 is 1.02 bits per heavy atom. The summed E-state index contributed by atoms with van der Waals surface area (Å²) in [5.74, 6) is -2.98. The van der Waals surface area contributed by atoms with Gasteiger partial charge in [0.2, 0.25) is 17.7 Å². The van der Waals surface area contributed by atoms with Crippen LogP contribution in [0.1, 0.15) is 73.7 Å². The maximum atomic E-state index is 15.4. The van der Waals surface area contributed by atoms with Gasteiger partial charge in [0.05, 0.1) is 6.07 Å². The molecule has 1 N–H and O–H groups in total. The number of carbonyl (C=O) groups excluding carboxylic acids is 4. The maximum Gasteiger partial charge on any atom is 0.266 e. The highest BCUT2D eigenvalue weighted by atomic mass is 19.3. The lowest BCUT2D eigenvalue weighted by molar-refractivity contribution is -0.172. The third-order valence-electron chi connectivity index (χ3n) is 10.8. The van der Waals surface area contributed by atoms with Crippen LogP contribution in [0, 0.1) is 28.6 Å². The van der Waals surface area contributed by atoms with Crippen molar-refractivity contribution in [2.45, 2.75) is 88.4 Å². The second-order valence-electron chi connectivity index (χ2n) is 13.5. The Hall–Kier alpha value is -3.59. The smallest absolute Gasteiger partial charge is 0.266 e. The molecule has 3 atom stereocenters. The number of fused-ring (bicyclic) bond motifs is 1. The van der Waals surface area contributed by atoms with E-state index >= 15 is 8.78 Å². The van der Waals surface area contributed by atoms with Gasteiger partial charge in [-0.05, 0) is 80.5 Å². The number of alkyl halides is 2. The van der Waals surface area contributed by atoms with E-state index in [1.165, 1.54) is 4.90 Å². The number of ether oxygens (including phenoxy) is 1. The van der Waals surface area contributed by atoms with Gasteiger partial charge >= 0.3 is 0 Å². The van der Waals surface area contributed by atoms with E-state index < -0.39 is 35.4 Å². The molecule has 0 bridgehead atoms. The van der Waals surface area contributed by atoms with Crippen molar-refractivity contribution in [2.75, 3.05) is 26.2 Å². The van der Waals surface area contributed by atoms with Crippen molar-refractivity contribution in [2.24, 2.45) is 17.3 Å². The summed E-state index contributed by atoms with van der Waals surface area (Å²) in [6.45, 7) is 2.58. The third kappa shape index (κ3) is 5.03. The topological polar surface area (TPSA) is 123 Å². The molecule has 234 valence electrons. The molecule has 5 fully saturated rings. The number of hydrogen-bond donors (Lipinski definition) is 1. The summed E-state index contributed by atoms with van der Waals surface area (Å²) in [6.07, 6.45) is 3.35. The SMILES string of the molecule is N#CC1(C(=O)N2CCC(C3CN([C@H]4[C@H](Oc5ccc6c(c5)CN(C5CCC(=O)NC5=O)C6=O)CCCC4(F)F)C3)CC2)CC1. The second-order valence-corrected chi connectivity index (χ2v) is 13.5. The van der Waals surface area contributed by atoms with E-state index in [0.717, 1.165) is 12.8 Å². The zero-order valence-electron chi connectivity index (χ0n) is 24.6. The van der Waals surface area contributed by atoms with Crippen LogP contribution in [-0.4, -0.2) is 88.6 Å². The van der Waals surface area contributed by atoms with Crippen molar-refractivity contribution >= 4 is 23.6 Å². The Morgan fingerprint density at radius 2 is 1.77 bits per heavy atom. The number of imide groups is 1. The Balaban J connectivity index is 0.977. The molecule has 4 aliphatic heterocycles. The van der Waals surface area contributed by atoms with E-state index in [1.807, 2.05) is 9.80 Å². The molecule has 1 aromatic rings. The average Bonchev–Trinajstić information content (AvgIpc) is 3.71. The van der Waals surface area contributed by atoms with Crippen LogP contribution in [0.5, 0.6) is 5.75 Å². The molecule has 44 heavy (non-hydrogen) atoms. The summed E-state index contributed by atoms with van der Waals surface area (Å²) in [4.78, 5) is 54.9. The predicted octanol–water partition coefficient (Wildman–Crippen LogP) is 2.86. The quantitative estimate of drug-likeness (QED) is 0.492. The second kappa shape index (κ2) is 10.8. The first-order chi connectivity index (χ1) is 21.1. The largest absolute Gasteiger partial charge is 0.489 e. The molecule has 1 unspecified atom stereocenters. The third-order valence-corrected chi connectivity index (χ3v) is 10.8. The van der Waals surface area contributed by atoms with Gasteiger partial charge in [0, 0.05) is 51.1 Å². The lowest BCUT2D eigenvalue weighted by Crippen LogP contribution is -2.66. The van der Waals surface area contributed by atoms with Crippen LogP contribution < -0.4 is 10.1 Å². The van der Waals surface area contributed by atoms with Crippen molar-refractivity contribution in [1.29, 1.82) is 5.26 Å². The molecule has 12 heteroatoms. The fourth-order valence-electron chi connectivity index (χ4n) is 7.99. The normalized spacial score (nSPS) is 30.3. The number of likely N-dealkylation sites (tertiary alicyclic amines) is 2. The summed E-state index contributed by atoms with van der Waals surface area (Å²) in [6, 6.07) is 5.40. The lowest BCUT2D eigenvalue weighted by atomic mass is 9.76. The van der Waals surface area contributed by atoms with Gasteiger partial charge in [-0.2, -0.15) is 5.26 Å². The molecule has 0 aromatic heterocycles. The van der Waals surface area contributed by atoms with Crippen LogP contribution in [0.2, 0.25) is 0 Å². The zero-order valence-corrected chi connectivity index (χ0v) is 24.6. The number of halogens is 2. The summed E-state index contributed by atoms with van der Waals surface area (Å²) in [5.41, 5.74) is 0.321. The summed E-state index contributed by atoms with van der Waals surface area (Å²) in [7, 11) is 0. The highest BCUT2D eigenvalue weighted by Crippen LogP contribution is 2.48. The molecule has 4 heterocycles. The molecule has 2 aliphatic carbocycles. The van der Waals surface area contributed by atoms with E-state index in [4.69, 9.17) is 4.74 Å². The van der Waals surface area contributed by atoms with Crippen molar-refractivity contribution < 1.29 is 32.7 Å². The number of rotatable bonds is 6. The first-order valence-corrected chi connectivity index (χ1v) is 15.9. The van der Waals surface area contributed by atoms with Crippen LogP contribution >= 0.6 is 0 Å². The van der Waals surface area contributed by atoms with Gasteiger partial charge in [-0.1, -0.05) is 0 Å². The van der Waals surface area contributed by atoms with Crippen LogP contribution in [0.25, 0.3) is 0 Å². The van der Waals surface area contributed by atoms with Crippen molar-refractivity contribution in [1.82, 2.24) is 20.0 Å². The minimum Gasteiger partial charge on any atom is -0.489 e. The molecule has 1 aromatic carbocycles. The van der Waals surface area contributed by atoms with E-state index in [0.29, 0.717) is 80.6 Å². The maximum absolute atomic E-state index is 15.4. The minimum absolute atomic E-state index is 0.0462. The number of hydrogen-bond acceptors (Lipinski definition) is 7. The van der Waals surface area contributed by atoms with Crippen LogP contribution in [0.4, 0.5) is 8.78 Å². The van der Waals surface area contributed by atoms with E-state index in [2.05, 4.69) is 11.4 Å². The fourth-order valence-corrected chi connectivity index (χ4v) is 7.99. The van der Waals surface area contributed by atoms with E-state index in [-0.39, 0.29) is 43.5 Å². The molecule has 4 amide bonds. The van der Waals surface area contributed by atoms with Crippen molar-refractivity contribution in [3.63, 3.8) is 0 Å². The Labute approximate surface area is 254 Å². The molecule has 7 rings (SSSR count). The minimum atomic E-state index is -2.89. The monoisotopic (exact) mass is 609 g/mol. The first kappa shape index (κ1) is 29.1. The van der Waals surface area contributed by atoms with Crippen LogP contribution in [-0.2, 0) is 20.9 Å². The van der Waals surface area contributed by atoms with Crippen molar-refractivity contribution in [3.8, 4) is 11.8 Å². The van der Waals surface area contributed by atoms with Gasteiger partial charge in [0.15, 0.2) is 0 Å². The summed E-state index contributed by atoms with van der Waals surface area (Å²) in [5, 5.41) is 11.7. The van der Waals surface area contributed by atoms with Crippen LogP contribution in [0.3, 0.4) is 0 Å². The zero-order chi connectivity index (χ0) is 30.8. The number of benzene rings is 1. The number of nitrogens with one attached hydrogen (secondary N) is 1. The fraction of sp³-hybridized carbons (Fsp3) is 0.656. The Bertz CT molecular complexity index is 1430. The molecule has 0 spiro atoms. The lowest BCUT2D eigenvalue weighted by Gasteiger charge is -2.53. The van der Waals surface area contributed by atoms with Gasteiger partial charge in [0.1, 0.15) is 29.4 Å². The molecule has 6 aliphatic rings.